The lowest BCUT2D eigenvalue weighted by Crippen LogP contribution is -2.50. The number of aryl methyl sites for hydroxylation is 1. The van der Waals surface area contributed by atoms with E-state index in [1.165, 1.54) is 0 Å². The number of hydrogen-bond donors (Lipinski definition) is 3. The Morgan fingerprint density at radius 3 is 2.63 bits per heavy atom. The predicted octanol–water partition coefficient (Wildman–Crippen LogP) is 3.03. The quantitative estimate of drug-likeness (QED) is 0.461. The van der Waals surface area contributed by atoms with Gasteiger partial charge in [0.1, 0.15) is 11.8 Å². The van der Waals surface area contributed by atoms with E-state index in [0.29, 0.717) is 18.1 Å². The highest BCUT2D eigenvalue weighted by atomic mass is 16.4. The van der Waals surface area contributed by atoms with Gasteiger partial charge in [-0.3, -0.25) is 14.4 Å². The van der Waals surface area contributed by atoms with Crippen molar-refractivity contribution in [2.75, 3.05) is 7.05 Å². The van der Waals surface area contributed by atoms with Crippen molar-refractivity contribution in [3.05, 3.63) is 65.9 Å². The second kappa shape index (κ2) is 11.0. The fourth-order valence-electron chi connectivity index (χ4n) is 4.53. The lowest BCUT2D eigenvalue weighted by molar-refractivity contribution is -0.124. The van der Waals surface area contributed by atoms with E-state index in [2.05, 4.69) is 20.9 Å². The van der Waals surface area contributed by atoms with Gasteiger partial charge in [0.05, 0.1) is 0 Å². The van der Waals surface area contributed by atoms with Crippen LogP contribution in [0.4, 0.5) is 0 Å². The molecule has 1 aliphatic carbocycles. The molecule has 4 rings (SSSR count). The molecule has 9 nitrogen and oxygen atoms in total. The van der Waals surface area contributed by atoms with E-state index in [9.17, 15) is 14.4 Å². The molecule has 1 fully saturated rings. The molecule has 2 aromatic heterocycles. The first-order valence-corrected chi connectivity index (χ1v) is 11.9. The van der Waals surface area contributed by atoms with Crippen LogP contribution in [0.2, 0.25) is 0 Å². The van der Waals surface area contributed by atoms with Gasteiger partial charge in [0, 0.05) is 38.6 Å². The van der Waals surface area contributed by atoms with Crippen molar-refractivity contribution in [2.45, 2.75) is 44.7 Å². The van der Waals surface area contributed by atoms with Crippen molar-refractivity contribution >= 4 is 17.7 Å². The molecule has 1 unspecified atom stereocenters. The summed E-state index contributed by atoms with van der Waals surface area (Å²) in [6, 6.07) is 10.3. The zero-order valence-corrected chi connectivity index (χ0v) is 20.0. The molecule has 0 saturated heterocycles. The van der Waals surface area contributed by atoms with Crippen LogP contribution in [0.15, 0.2) is 53.2 Å². The number of likely N-dealkylation sites (N-methyl/N-ethyl adjacent to an activating group) is 1. The van der Waals surface area contributed by atoms with Gasteiger partial charge in [-0.1, -0.05) is 37.5 Å². The van der Waals surface area contributed by atoms with Crippen LogP contribution in [-0.4, -0.2) is 40.4 Å². The van der Waals surface area contributed by atoms with Crippen LogP contribution in [0.3, 0.4) is 0 Å². The second-order valence-corrected chi connectivity index (χ2v) is 8.87. The number of amides is 3. The van der Waals surface area contributed by atoms with Gasteiger partial charge in [0.2, 0.25) is 5.91 Å². The van der Waals surface area contributed by atoms with E-state index in [4.69, 9.17) is 4.42 Å². The summed E-state index contributed by atoms with van der Waals surface area (Å²) in [5.74, 6) is 0.292. The monoisotopic (exact) mass is 477 g/mol. The number of hydrogen-bond acceptors (Lipinski definition) is 5. The van der Waals surface area contributed by atoms with Gasteiger partial charge in [0.15, 0.2) is 11.6 Å². The van der Waals surface area contributed by atoms with Crippen molar-refractivity contribution < 1.29 is 18.8 Å². The number of nitrogens with one attached hydrogen (secondary N) is 3. The summed E-state index contributed by atoms with van der Waals surface area (Å²) in [5.41, 5.74) is 1.66. The number of benzene rings is 1. The molecule has 1 aliphatic rings. The minimum atomic E-state index is -0.577. The minimum Gasteiger partial charge on any atom is -0.451 e. The molecule has 1 aromatic carbocycles. The molecule has 0 bridgehead atoms. The Kier molecular flexibility index (Phi) is 7.64. The molecule has 35 heavy (non-hydrogen) atoms. The van der Waals surface area contributed by atoms with E-state index in [1.807, 2.05) is 24.3 Å². The summed E-state index contributed by atoms with van der Waals surface area (Å²) in [4.78, 5) is 41.7. The Bertz CT molecular complexity index is 1190. The normalized spacial score (nSPS) is 14.8. The zero-order valence-electron chi connectivity index (χ0n) is 20.0. The largest absolute Gasteiger partial charge is 0.451 e. The first-order chi connectivity index (χ1) is 17.0. The number of rotatable bonds is 8. The van der Waals surface area contributed by atoms with Crippen LogP contribution in [0, 0.1) is 5.92 Å². The standard InChI is InChI=1S/C26H31N5O4/c1-27-25(33)22(18-8-4-3-5-9-18)30-24(32)21-12-11-20(35-21)19-10-6-7-17(15-19)16-29-26(34)23-28-13-14-31(23)2/h6-7,10-15,18,22H,3-5,8-9,16H2,1-2H3,(H,27,33)(H,29,34)(H,30,32). The summed E-state index contributed by atoms with van der Waals surface area (Å²) in [7, 11) is 3.35. The average Bonchev–Trinajstić information content (AvgIpc) is 3.55. The SMILES string of the molecule is CNC(=O)C(NC(=O)c1ccc(-c2cccc(CNC(=O)c3nccn3C)c2)o1)C1CCCCC1. The van der Waals surface area contributed by atoms with E-state index in [-0.39, 0.29) is 23.5 Å². The molecule has 0 spiro atoms. The number of carbonyl (C=O) groups is 3. The zero-order chi connectivity index (χ0) is 24.8. The molecule has 1 atom stereocenters. The Balaban J connectivity index is 1.42. The third-order valence-corrected chi connectivity index (χ3v) is 6.46. The van der Waals surface area contributed by atoms with Crippen molar-refractivity contribution in [3.8, 4) is 11.3 Å². The third-order valence-electron chi connectivity index (χ3n) is 6.46. The molecule has 3 N–H and O–H groups in total. The lowest BCUT2D eigenvalue weighted by atomic mass is 9.83. The Labute approximate surface area is 204 Å². The first kappa shape index (κ1) is 24.3. The first-order valence-electron chi connectivity index (χ1n) is 11.9. The molecular formula is C26H31N5O4. The summed E-state index contributed by atoms with van der Waals surface area (Å²) < 4.78 is 7.50. The molecular weight excluding hydrogens is 446 g/mol. The maximum Gasteiger partial charge on any atom is 0.287 e. The highest BCUT2D eigenvalue weighted by Crippen LogP contribution is 2.27. The number of nitrogens with zero attached hydrogens (tertiary/aromatic N) is 2. The molecule has 3 aromatic rings. The number of furan rings is 1. The van der Waals surface area contributed by atoms with Crippen LogP contribution < -0.4 is 16.0 Å². The summed E-state index contributed by atoms with van der Waals surface area (Å²) in [6.07, 6.45) is 8.43. The van der Waals surface area contributed by atoms with Crippen molar-refractivity contribution in [2.24, 2.45) is 13.0 Å². The smallest absolute Gasteiger partial charge is 0.287 e. The van der Waals surface area contributed by atoms with Crippen LogP contribution in [0.1, 0.15) is 58.8 Å². The van der Waals surface area contributed by atoms with Gasteiger partial charge in [-0.25, -0.2) is 4.98 Å². The summed E-state index contributed by atoms with van der Waals surface area (Å²) in [6.45, 7) is 0.322. The van der Waals surface area contributed by atoms with Gasteiger partial charge in [-0.05, 0) is 42.5 Å². The van der Waals surface area contributed by atoms with Crippen LogP contribution in [0.25, 0.3) is 11.3 Å². The number of aromatic nitrogens is 2. The molecule has 1 saturated carbocycles. The van der Waals surface area contributed by atoms with Gasteiger partial charge < -0.3 is 24.9 Å². The average molecular weight is 478 g/mol. The second-order valence-electron chi connectivity index (χ2n) is 8.87. The molecule has 2 heterocycles. The van der Waals surface area contributed by atoms with Gasteiger partial charge in [-0.2, -0.15) is 0 Å². The van der Waals surface area contributed by atoms with Crippen LogP contribution in [0.5, 0.6) is 0 Å². The van der Waals surface area contributed by atoms with E-state index in [1.54, 1.807) is 43.2 Å². The summed E-state index contributed by atoms with van der Waals surface area (Å²) >= 11 is 0. The predicted molar refractivity (Wildman–Crippen MR) is 130 cm³/mol. The Morgan fingerprint density at radius 2 is 1.91 bits per heavy atom. The van der Waals surface area contributed by atoms with Gasteiger partial charge in [0.25, 0.3) is 11.8 Å². The van der Waals surface area contributed by atoms with Crippen LogP contribution in [-0.2, 0) is 18.4 Å². The number of imidazole rings is 1. The van der Waals surface area contributed by atoms with E-state index in [0.717, 1.165) is 43.2 Å². The van der Waals surface area contributed by atoms with E-state index < -0.39 is 11.9 Å². The molecule has 0 aliphatic heterocycles. The molecule has 3 amide bonds. The van der Waals surface area contributed by atoms with Gasteiger partial charge >= 0.3 is 0 Å². The van der Waals surface area contributed by atoms with E-state index >= 15 is 0 Å². The topological polar surface area (TPSA) is 118 Å². The molecule has 0 radical (unpaired) electrons. The highest BCUT2D eigenvalue weighted by molar-refractivity contribution is 5.96. The maximum absolute atomic E-state index is 12.9. The van der Waals surface area contributed by atoms with Crippen molar-refractivity contribution in [1.29, 1.82) is 0 Å². The maximum atomic E-state index is 12.9. The lowest BCUT2D eigenvalue weighted by Gasteiger charge is -2.29. The number of carbonyl (C=O) groups excluding carboxylic acids is 3. The third kappa shape index (κ3) is 5.79. The van der Waals surface area contributed by atoms with Gasteiger partial charge in [-0.15, -0.1) is 0 Å². The molecule has 184 valence electrons. The summed E-state index contributed by atoms with van der Waals surface area (Å²) in [5, 5.41) is 8.41. The Hall–Kier alpha value is -3.88. The highest BCUT2D eigenvalue weighted by Gasteiger charge is 2.31. The molecule has 9 heteroatoms. The minimum absolute atomic E-state index is 0.125. The Morgan fingerprint density at radius 1 is 1.11 bits per heavy atom. The fraction of sp³-hybridized carbons (Fsp3) is 0.385. The van der Waals surface area contributed by atoms with Crippen molar-refractivity contribution in [1.82, 2.24) is 25.5 Å². The van der Waals surface area contributed by atoms with Crippen LogP contribution >= 0.6 is 0 Å². The van der Waals surface area contributed by atoms with Crippen molar-refractivity contribution in [3.63, 3.8) is 0 Å². The fourth-order valence-corrected chi connectivity index (χ4v) is 4.53.